The van der Waals surface area contributed by atoms with Crippen molar-refractivity contribution < 1.29 is 22.7 Å². The first-order valence-corrected chi connectivity index (χ1v) is 11.0. The lowest BCUT2D eigenvalue weighted by Crippen LogP contribution is -2.40. The summed E-state index contributed by atoms with van der Waals surface area (Å²) in [6.07, 6.45) is 0. The molecule has 1 aliphatic heterocycles. The van der Waals surface area contributed by atoms with E-state index >= 15 is 0 Å². The molecule has 0 aliphatic carbocycles. The number of rotatable bonds is 5. The van der Waals surface area contributed by atoms with E-state index in [1.165, 1.54) is 16.4 Å². The predicted octanol–water partition coefficient (Wildman–Crippen LogP) is 1.58. The zero-order chi connectivity index (χ0) is 21.7. The largest absolute Gasteiger partial charge is 0.379 e. The summed E-state index contributed by atoms with van der Waals surface area (Å²) >= 11 is 0. The Kier molecular flexibility index (Phi) is 6.86. The third kappa shape index (κ3) is 5.24. The van der Waals surface area contributed by atoms with E-state index in [4.69, 9.17) is 4.74 Å². The zero-order valence-electron chi connectivity index (χ0n) is 17.0. The molecule has 1 aliphatic rings. The van der Waals surface area contributed by atoms with Crippen molar-refractivity contribution in [2.45, 2.75) is 25.3 Å². The Balaban J connectivity index is 1.57. The fourth-order valence-electron chi connectivity index (χ4n) is 3.03. The molecule has 1 heterocycles. The van der Waals surface area contributed by atoms with Gasteiger partial charge in [-0.15, -0.1) is 0 Å². The SMILES string of the molecule is Cc1ccc(C)c(NC(=O)C(=O)NCc2ccc(S(=O)(=O)N3CCOCC3)cc2)c1. The van der Waals surface area contributed by atoms with Crippen molar-refractivity contribution in [1.82, 2.24) is 9.62 Å². The molecule has 0 aromatic heterocycles. The van der Waals surface area contributed by atoms with Gasteiger partial charge in [-0.3, -0.25) is 9.59 Å². The Labute approximate surface area is 176 Å². The number of morpholine rings is 1. The van der Waals surface area contributed by atoms with Crippen molar-refractivity contribution in [2.75, 3.05) is 31.6 Å². The van der Waals surface area contributed by atoms with Gasteiger partial charge in [0.1, 0.15) is 0 Å². The van der Waals surface area contributed by atoms with E-state index in [9.17, 15) is 18.0 Å². The van der Waals surface area contributed by atoms with Gasteiger partial charge in [-0.05, 0) is 48.7 Å². The fraction of sp³-hybridized carbons (Fsp3) is 0.333. The first kappa shape index (κ1) is 21.9. The number of sulfonamides is 1. The van der Waals surface area contributed by atoms with Gasteiger partial charge in [-0.1, -0.05) is 24.3 Å². The van der Waals surface area contributed by atoms with E-state index in [1.807, 2.05) is 26.0 Å². The maximum Gasteiger partial charge on any atom is 0.313 e. The van der Waals surface area contributed by atoms with Crippen molar-refractivity contribution in [3.8, 4) is 0 Å². The van der Waals surface area contributed by atoms with Crippen molar-refractivity contribution >= 4 is 27.5 Å². The maximum absolute atomic E-state index is 12.6. The molecule has 3 rings (SSSR count). The maximum atomic E-state index is 12.6. The average Bonchev–Trinajstić information content (AvgIpc) is 2.75. The van der Waals surface area contributed by atoms with Gasteiger partial charge in [-0.2, -0.15) is 4.31 Å². The second-order valence-corrected chi connectivity index (χ2v) is 9.05. The number of ether oxygens (including phenoxy) is 1. The third-order valence-electron chi connectivity index (χ3n) is 4.83. The lowest BCUT2D eigenvalue weighted by atomic mass is 10.1. The lowest BCUT2D eigenvalue weighted by molar-refractivity contribution is -0.136. The summed E-state index contributed by atoms with van der Waals surface area (Å²) in [6, 6.07) is 11.8. The quantitative estimate of drug-likeness (QED) is 0.700. The topological polar surface area (TPSA) is 105 Å². The molecule has 0 radical (unpaired) electrons. The third-order valence-corrected chi connectivity index (χ3v) is 6.74. The zero-order valence-corrected chi connectivity index (χ0v) is 17.8. The van der Waals surface area contributed by atoms with E-state index in [0.29, 0.717) is 37.6 Å². The molecule has 30 heavy (non-hydrogen) atoms. The molecule has 2 aromatic rings. The molecule has 0 bridgehead atoms. The first-order chi connectivity index (χ1) is 14.3. The lowest BCUT2D eigenvalue weighted by Gasteiger charge is -2.26. The second-order valence-electron chi connectivity index (χ2n) is 7.12. The van der Waals surface area contributed by atoms with E-state index in [0.717, 1.165) is 11.1 Å². The van der Waals surface area contributed by atoms with Crippen molar-refractivity contribution in [1.29, 1.82) is 0 Å². The van der Waals surface area contributed by atoms with Gasteiger partial charge in [0.15, 0.2) is 0 Å². The molecular formula is C21H25N3O5S. The summed E-state index contributed by atoms with van der Waals surface area (Å²) in [4.78, 5) is 24.4. The van der Waals surface area contributed by atoms with E-state index in [-0.39, 0.29) is 11.4 Å². The summed E-state index contributed by atoms with van der Waals surface area (Å²) in [5.74, 6) is -1.52. The van der Waals surface area contributed by atoms with Crippen LogP contribution < -0.4 is 10.6 Å². The normalized spacial score (nSPS) is 14.9. The minimum Gasteiger partial charge on any atom is -0.379 e. The highest BCUT2D eigenvalue weighted by Gasteiger charge is 2.26. The van der Waals surface area contributed by atoms with Crippen molar-refractivity contribution in [3.05, 3.63) is 59.2 Å². The van der Waals surface area contributed by atoms with Gasteiger partial charge in [0.05, 0.1) is 18.1 Å². The summed E-state index contributed by atoms with van der Waals surface area (Å²) in [5.41, 5.74) is 3.11. The van der Waals surface area contributed by atoms with Gasteiger partial charge >= 0.3 is 11.8 Å². The van der Waals surface area contributed by atoms with Crippen LogP contribution in [0.4, 0.5) is 5.69 Å². The summed E-state index contributed by atoms with van der Waals surface area (Å²) in [5, 5.41) is 5.15. The number of hydrogen-bond acceptors (Lipinski definition) is 5. The van der Waals surface area contributed by atoms with Crippen molar-refractivity contribution in [3.63, 3.8) is 0 Å². The van der Waals surface area contributed by atoms with Crippen LogP contribution >= 0.6 is 0 Å². The Bertz CT molecular complexity index is 1030. The van der Waals surface area contributed by atoms with Gasteiger partial charge < -0.3 is 15.4 Å². The summed E-state index contributed by atoms with van der Waals surface area (Å²) in [6.45, 7) is 5.28. The van der Waals surface area contributed by atoms with E-state index in [2.05, 4.69) is 10.6 Å². The average molecular weight is 432 g/mol. The van der Waals surface area contributed by atoms with Crippen LogP contribution in [0.5, 0.6) is 0 Å². The Morgan fingerprint density at radius 2 is 1.67 bits per heavy atom. The van der Waals surface area contributed by atoms with Crippen LogP contribution in [-0.4, -0.2) is 50.8 Å². The van der Waals surface area contributed by atoms with Crippen molar-refractivity contribution in [2.24, 2.45) is 0 Å². The minimum absolute atomic E-state index is 0.108. The number of hydrogen-bond donors (Lipinski definition) is 2. The number of amides is 2. The molecule has 0 unspecified atom stereocenters. The van der Waals surface area contributed by atoms with Crippen LogP contribution in [0.3, 0.4) is 0 Å². The van der Waals surface area contributed by atoms with E-state index in [1.54, 1.807) is 18.2 Å². The number of carbonyl (C=O) groups is 2. The number of nitrogens with zero attached hydrogens (tertiary/aromatic N) is 1. The fourth-order valence-corrected chi connectivity index (χ4v) is 4.44. The number of carbonyl (C=O) groups excluding carboxylic acids is 2. The molecule has 0 saturated carbocycles. The molecule has 2 amide bonds. The second kappa shape index (κ2) is 9.38. The van der Waals surface area contributed by atoms with Crippen LogP contribution in [-0.2, 0) is 30.9 Å². The van der Waals surface area contributed by atoms with E-state index < -0.39 is 21.8 Å². The number of aryl methyl sites for hydroxylation is 2. The van der Waals surface area contributed by atoms with Crippen LogP contribution in [0.15, 0.2) is 47.4 Å². The van der Waals surface area contributed by atoms with Gasteiger partial charge in [0, 0.05) is 25.3 Å². The van der Waals surface area contributed by atoms with Crippen LogP contribution in [0.1, 0.15) is 16.7 Å². The van der Waals surface area contributed by atoms with Gasteiger partial charge in [0.2, 0.25) is 10.0 Å². The number of benzene rings is 2. The van der Waals surface area contributed by atoms with Gasteiger partial charge in [-0.25, -0.2) is 8.42 Å². The number of anilines is 1. The minimum atomic E-state index is -3.56. The molecule has 0 atom stereocenters. The molecule has 2 N–H and O–H groups in total. The predicted molar refractivity (Wildman–Crippen MR) is 112 cm³/mol. The Morgan fingerprint density at radius 3 is 2.33 bits per heavy atom. The molecule has 8 nitrogen and oxygen atoms in total. The first-order valence-electron chi connectivity index (χ1n) is 9.60. The highest BCUT2D eigenvalue weighted by Crippen LogP contribution is 2.18. The van der Waals surface area contributed by atoms with Crippen LogP contribution in [0.25, 0.3) is 0 Å². The van der Waals surface area contributed by atoms with Crippen LogP contribution in [0, 0.1) is 13.8 Å². The monoisotopic (exact) mass is 431 g/mol. The summed E-state index contributed by atoms with van der Waals surface area (Å²) < 4.78 is 31.8. The van der Waals surface area contributed by atoms with Gasteiger partial charge in [0.25, 0.3) is 0 Å². The Hall–Kier alpha value is -2.75. The molecule has 9 heteroatoms. The van der Waals surface area contributed by atoms with Crippen LogP contribution in [0.2, 0.25) is 0 Å². The molecule has 2 aromatic carbocycles. The highest BCUT2D eigenvalue weighted by atomic mass is 32.2. The molecule has 1 saturated heterocycles. The standard InChI is InChI=1S/C21H25N3O5S/c1-15-3-4-16(2)19(13-15)23-21(26)20(25)22-14-17-5-7-18(8-6-17)30(27,28)24-9-11-29-12-10-24/h3-8,13H,9-12,14H2,1-2H3,(H,22,25)(H,23,26). The molecule has 0 spiro atoms. The Morgan fingerprint density at radius 1 is 1.00 bits per heavy atom. The smallest absolute Gasteiger partial charge is 0.313 e. The molecule has 160 valence electrons. The highest BCUT2D eigenvalue weighted by molar-refractivity contribution is 7.89. The summed E-state index contributed by atoms with van der Waals surface area (Å²) in [7, 11) is -3.56. The molecule has 1 fully saturated rings. The molecular weight excluding hydrogens is 406 g/mol. The number of nitrogens with one attached hydrogen (secondary N) is 2.